The minimum Gasteiger partial charge on any atom is -0.486 e. The molecule has 3 rings (SSSR count). The van der Waals surface area contributed by atoms with Gasteiger partial charge in [0.05, 0.1) is 12.2 Å². The van der Waals surface area contributed by atoms with Crippen molar-refractivity contribution in [2.24, 2.45) is 5.92 Å². The van der Waals surface area contributed by atoms with E-state index in [0.29, 0.717) is 31.4 Å². The fourth-order valence-electron chi connectivity index (χ4n) is 3.95. The average molecular weight is 444 g/mol. The normalized spacial score (nSPS) is 14.5. The van der Waals surface area contributed by atoms with Gasteiger partial charge in [0.25, 0.3) is 0 Å². The molecule has 1 fully saturated rings. The number of benzene rings is 1. The lowest BCUT2D eigenvalue weighted by Gasteiger charge is -2.25. The van der Waals surface area contributed by atoms with E-state index in [1.54, 1.807) is 11.3 Å². The van der Waals surface area contributed by atoms with E-state index in [4.69, 9.17) is 9.72 Å². The SMILES string of the molecule is CC(C)CC(=O)N(CCN1CCCC1)Cc1csc(COc2ccccc2C(C)C)n1. The first-order valence-corrected chi connectivity index (χ1v) is 12.5. The number of nitrogens with zero attached hydrogens (tertiary/aromatic N) is 3. The van der Waals surface area contributed by atoms with Crippen molar-refractivity contribution in [3.8, 4) is 5.75 Å². The Labute approximate surface area is 191 Å². The van der Waals surface area contributed by atoms with Crippen LogP contribution in [0.5, 0.6) is 5.75 Å². The van der Waals surface area contributed by atoms with Gasteiger partial charge in [0.2, 0.25) is 5.91 Å². The van der Waals surface area contributed by atoms with Gasteiger partial charge in [0, 0.05) is 24.9 Å². The lowest BCUT2D eigenvalue weighted by molar-refractivity contribution is -0.132. The van der Waals surface area contributed by atoms with Crippen LogP contribution in [0.3, 0.4) is 0 Å². The highest BCUT2D eigenvalue weighted by Gasteiger charge is 2.19. The van der Waals surface area contributed by atoms with Gasteiger partial charge in [-0.3, -0.25) is 4.79 Å². The molecule has 6 heteroatoms. The van der Waals surface area contributed by atoms with Gasteiger partial charge in [0.1, 0.15) is 17.4 Å². The molecule has 1 amide bonds. The van der Waals surface area contributed by atoms with Crippen LogP contribution in [0, 0.1) is 5.92 Å². The monoisotopic (exact) mass is 443 g/mol. The minimum absolute atomic E-state index is 0.228. The summed E-state index contributed by atoms with van der Waals surface area (Å²) in [6, 6.07) is 8.20. The third-order valence-corrected chi connectivity index (χ3v) is 6.54. The predicted molar refractivity (Wildman–Crippen MR) is 128 cm³/mol. The molecule has 0 aliphatic carbocycles. The van der Waals surface area contributed by atoms with Crippen molar-refractivity contribution in [2.75, 3.05) is 26.2 Å². The standard InChI is InChI=1S/C25H37N3O2S/c1-19(2)15-25(29)28(14-13-27-11-7-8-12-27)16-21-18-31-24(26-21)17-30-23-10-6-5-9-22(23)20(3)4/h5-6,9-10,18-20H,7-8,11-17H2,1-4H3. The topological polar surface area (TPSA) is 45.7 Å². The smallest absolute Gasteiger partial charge is 0.223 e. The number of rotatable bonds is 11. The van der Waals surface area contributed by atoms with Crippen molar-refractivity contribution in [1.29, 1.82) is 0 Å². The summed E-state index contributed by atoms with van der Waals surface area (Å²) in [5.74, 6) is 1.93. The van der Waals surface area contributed by atoms with E-state index in [1.165, 1.54) is 18.4 Å². The van der Waals surface area contributed by atoms with E-state index in [0.717, 1.165) is 42.6 Å². The number of ether oxygens (including phenoxy) is 1. The number of hydrogen-bond donors (Lipinski definition) is 0. The summed E-state index contributed by atoms with van der Waals surface area (Å²) in [5, 5.41) is 3.02. The van der Waals surface area contributed by atoms with E-state index in [-0.39, 0.29) is 5.91 Å². The third-order valence-electron chi connectivity index (χ3n) is 5.66. The number of likely N-dealkylation sites (tertiary alicyclic amines) is 1. The van der Waals surface area contributed by atoms with Crippen molar-refractivity contribution in [3.05, 3.63) is 45.9 Å². The summed E-state index contributed by atoms with van der Waals surface area (Å²) in [5.41, 5.74) is 2.17. The predicted octanol–water partition coefficient (Wildman–Crippen LogP) is 5.32. The minimum atomic E-state index is 0.228. The van der Waals surface area contributed by atoms with Gasteiger partial charge in [-0.1, -0.05) is 45.9 Å². The van der Waals surface area contributed by atoms with E-state index < -0.39 is 0 Å². The second-order valence-corrected chi connectivity index (χ2v) is 10.1. The van der Waals surface area contributed by atoms with Gasteiger partial charge in [-0.15, -0.1) is 11.3 Å². The fraction of sp³-hybridized carbons (Fsp3) is 0.600. The Morgan fingerprint density at radius 1 is 1.19 bits per heavy atom. The van der Waals surface area contributed by atoms with Crippen molar-refractivity contribution in [2.45, 2.75) is 66.0 Å². The van der Waals surface area contributed by atoms with Crippen LogP contribution in [0.1, 0.15) is 69.1 Å². The summed E-state index contributed by atoms with van der Waals surface area (Å²) in [6.07, 6.45) is 3.14. The largest absolute Gasteiger partial charge is 0.486 e. The van der Waals surface area contributed by atoms with Crippen LogP contribution in [0.15, 0.2) is 29.6 Å². The summed E-state index contributed by atoms with van der Waals surface area (Å²) >= 11 is 1.61. The molecule has 0 bridgehead atoms. The van der Waals surface area contributed by atoms with E-state index in [9.17, 15) is 4.79 Å². The lowest BCUT2D eigenvalue weighted by atomic mass is 10.0. The highest BCUT2D eigenvalue weighted by Crippen LogP contribution is 2.27. The van der Waals surface area contributed by atoms with Crippen molar-refractivity contribution >= 4 is 17.2 Å². The van der Waals surface area contributed by atoms with Crippen LogP contribution in [-0.2, 0) is 17.9 Å². The molecule has 1 aliphatic heterocycles. The summed E-state index contributed by atoms with van der Waals surface area (Å²) in [4.78, 5) is 22.1. The molecule has 0 radical (unpaired) electrons. The molecule has 1 saturated heterocycles. The highest BCUT2D eigenvalue weighted by molar-refractivity contribution is 7.09. The first kappa shape index (κ1) is 23.7. The maximum Gasteiger partial charge on any atom is 0.223 e. The molecule has 31 heavy (non-hydrogen) atoms. The molecular weight excluding hydrogens is 406 g/mol. The first-order valence-electron chi connectivity index (χ1n) is 11.6. The molecule has 0 spiro atoms. The number of amides is 1. The zero-order valence-electron chi connectivity index (χ0n) is 19.5. The molecule has 170 valence electrons. The zero-order valence-corrected chi connectivity index (χ0v) is 20.3. The van der Waals surface area contributed by atoms with Crippen LogP contribution in [0.25, 0.3) is 0 Å². The lowest BCUT2D eigenvalue weighted by Crippen LogP contribution is -2.38. The quantitative estimate of drug-likeness (QED) is 0.472. The first-order chi connectivity index (χ1) is 14.9. The van der Waals surface area contributed by atoms with Gasteiger partial charge in [-0.05, 0) is 49.4 Å². The molecule has 0 N–H and O–H groups in total. The van der Waals surface area contributed by atoms with Crippen molar-refractivity contribution < 1.29 is 9.53 Å². The number of hydrogen-bond acceptors (Lipinski definition) is 5. The molecule has 2 aromatic rings. The number of thiazole rings is 1. The zero-order chi connectivity index (χ0) is 22.2. The Balaban J connectivity index is 1.59. The van der Waals surface area contributed by atoms with Gasteiger partial charge >= 0.3 is 0 Å². The van der Waals surface area contributed by atoms with Gasteiger partial charge in [-0.2, -0.15) is 0 Å². The summed E-state index contributed by atoms with van der Waals surface area (Å²) in [7, 11) is 0. The fourth-order valence-corrected chi connectivity index (χ4v) is 4.65. The van der Waals surface area contributed by atoms with Crippen LogP contribution in [0.4, 0.5) is 0 Å². The molecule has 5 nitrogen and oxygen atoms in total. The molecular formula is C25H37N3O2S. The second-order valence-electron chi connectivity index (χ2n) is 9.18. The number of para-hydroxylation sites is 1. The van der Waals surface area contributed by atoms with Crippen molar-refractivity contribution in [1.82, 2.24) is 14.8 Å². The Bertz CT molecular complexity index is 828. The van der Waals surface area contributed by atoms with E-state index in [2.05, 4.69) is 50.1 Å². The maximum absolute atomic E-state index is 12.8. The molecule has 0 saturated carbocycles. The van der Waals surface area contributed by atoms with E-state index in [1.807, 2.05) is 17.0 Å². The Morgan fingerprint density at radius 3 is 2.65 bits per heavy atom. The molecule has 0 atom stereocenters. The highest BCUT2D eigenvalue weighted by atomic mass is 32.1. The molecule has 1 aromatic heterocycles. The van der Waals surface area contributed by atoms with Crippen molar-refractivity contribution in [3.63, 3.8) is 0 Å². The summed E-state index contributed by atoms with van der Waals surface area (Å²) < 4.78 is 6.08. The number of aromatic nitrogens is 1. The van der Waals surface area contributed by atoms with Gasteiger partial charge < -0.3 is 14.5 Å². The van der Waals surface area contributed by atoms with E-state index >= 15 is 0 Å². The van der Waals surface area contributed by atoms with Crippen LogP contribution < -0.4 is 4.74 Å². The molecule has 2 heterocycles. The van der Waals surface area contributed by atoms with Crippen LogP contribution in [0.2, 0.25) is 0 Å². The summed E-state index contributed by atoms with van der Waals surface area (Å²) in [6.45, 7) is 13.6. The Kier molecular flexibility index (Phi) is 8.90. The Hall–Kier alpha value is -1.92. The van der Waals surface area contributed by atoms with Crippen LogP contribution >= 0.6 is 11.3 Å². The number of carbonyl (C=O) groups excluding carboxylic acids is 1. The van der Waals surface area contributed by atoms with Gasteiger partial charge in [-0.25, -0.2) is 4.98 Å². The second kappa shape index (κ2) is 11.6. The van der Waals surface area contributed by atoms with Crippen LogP contribution in [-0.4, -0.2) is 46.9 Å². The third kappa shape index (κ3) is 7.32. The molecule has 1 aliphatic rings. The van der Waals surface area contributed by atoms with Gasteiger partial charge in [0.15, 0.2) is 0 Å². The maximum atomic E-state index is 12.8. The molecule has 0 unspecified atom stereocenters. The average Bonchev–Trinajstić information content (AvgIpc) is 3.41. The molecule has 1 aromatic carbocycles. The number of carbonyl (C=O) groups is 1. The Morgan fingerprint density at radius 2 is 1.94 bits per heavy atom.